The molecule has 8 heteroatoms. The number of sulfonamides is 1. The second-order valence-electron chi connectivity index (χ2n) is 10.9. The lowest BCUT2D eigenvalue weighted by atomic mass is 9.85. The Hall–Kier alpha value is -3.46. The smallest absolute Gasteiger partial charge is 0.240 e. The van der Waals surface area contributed by atoms with Crippen LogP contribution in [0.1, 0.15) is 42.9 Å². The molecule has 1 atom stereocenters. The highest BCUT2D eigenvalue weighted by molar-refractivity contribution is 7.89. The SMILES string of the molecule is Cc1ccccc1-c1cc2ccc(S(=O)(=O)NC3CCC(C(=O)N4CCOC[C@@H]4c4ccccc4)CC3)cc2[nH]1. The maximum atomic E-state index is 13.5. The fourth-order valence-corrected chi connectivity index (χ4v) is 7.42. The number of fused-ring (bicyclic) bond motifs is 1. The van der Waals surface area contributed by atoms with Crippen molar-refractivity contribution < 1.29 is 17.9 Å². The molecule has 40 heavy (non-hydrogen) atoms. The molecular weight excluding hydrogens is 522 g/mol. The number of aromatic amines is 1. The molecule has 7 nitrogen and oxygen atoms in total. The maximum absolute atomic E-state index is 13.5. The first-order chi connectivity index (χ1) is 19.4. The summed E-state index contributed by atoms with van der Waals surface area (Å²) in [6.07, 6.45) is 2.61. The van der Waals surface area contributed by atoms with Crippen LogP contribution in [0.5, 0.6) is 0 Å². The van der Waals surface area contributed by atoms with Gasteiger partial charge in [-0.3, -0.25) is 4.79 Å². The summed E-state index contributed by atoms with van der Waals surface area (Å²) in [5.41, 5.74) is 5.09. The first-order valence-electron chi connectivity index (χ1n) is 14.0. The lowest BCUT2D eigenvalue weighted by Gasteiger charge is -2.39. The zero-order valence-corrected chi connectivity index (χ0v) is 23.5. The van der Waals surface area contributed by atoms with Crippen molar-refractivity contribution >= 4 is 26.8 Å². The van der Waals surface area contributed by atoms with Crippen LogP contribution in [0.4, 0.5) is 0 Å². The summed E-state index contributed by atoms with van der Waals surface area (Å²) >= 11 is 0. The highest BCUT2D eigenvalue weighted by atomic mass is 32.2. The largest absolute Gasteiger partial charge is 0.377 e. The Morgan fingerprint density at radius 3 is 2.48 bits per heavy atom. The maximum Gasteiger partial charge on any atom is 0.240 e. The van der Waals surface area contributed by atoms with Gasteiger partial charge in [0.05, 0.1) is 24.2 Å². The van der Waals surface area contributed by atoms with E-state index >= 15 is 0 Å². The number of carbonyl (C=O) groups excluding carboxylic acids is 1. The summed E-state index contributed by atoms with van der Waals surface area (Å²) in [7, 11) is -3.70. The molecule has 0 unspecified atom stereocenters. The van der Waals surface area contributed by atoms with Crippen LogP contribution in [-0.4, -0.2) is 50.0 Å². The van der Waals surface area contributed by atoms with Gasteiger partial charge in [-0.1, -0.05) is 60.7 Å². The van der Waals surface area contributed by atoms with Crippen molar-refractivity contribution in [2.45, 2.75) is 49.6 Å². The fraction of sp³-hybridized carbons (Fsp3) is 0.344. The van der Waals surface area contributed by atoms with Gasteiger partial charge >= 0.3 is 0 Å². The standard InChI is InChI=1S/C32H35N3O4S/c1-22-7-5-6-10-28(22)30-19-25-13-16-27(20-29(25)33-30)40(37,38)34-26-14-11-24(12-15-26)32(36)35-17-18-39-21-31(35)23-8-3-2-4-9-23/h2-10,13,16,19-20,24,26,31,33-34H,11-12,14-15,17-18,21H2,1H3/t24?,26?,31-/m1/s1. The van der Waals surface area contributed by atoms with Gasteiger partial charge in [0.25, 0.3) is 0 Å². The summed E-state index contributed by atoms with van der Waals surface area (Å²) in [6.45, 7) is 3.69. The number of nitrogens with zero attached hydrogens (tertiary/aromatic N) is 1. The predicted octanol–water partition coefficient (Wildman–Crippen LogP) is 5.58. The van der Waals surface area contributed by atoms with E-state index in [4.69, 9.17) is 4.74 Å². The Balaban J connectivity index is 1.11. The van der Waals surface area contributed by atoms with E-state index in [1.165, 1.54) is 0 Å². The van der Waals surface area contributed by atoms with Gasteiger partial charge in [0, 0.05) is 40.7 Å². The Labute approximate surface area is 235 Å². The summed E-state index contributed by atoms with van der Waals surface area (Å²) in [5.74, 6) is 0.0558. The third kappa shape index (κ3) is 5.44. The Kier molecular flexibility index (Phi) is 7.49. The molecule has 0 radical (unpaired) electrons. The molecule has 208 valence electrons. The van der Waals surface area contributed by atoms with Crippen LogP contribution in [-0.2, 0) is 19.6 Å². The average molecular weight is 558 g/mol. The molecule has 1 saturated heterocycles. The lowest BCUT2D eigenvalue weighted by molar-refractivity contribution is -0.145. The number of aromatic nitrogens is 1. The number of nitrogens with one attached hydrogen (secondary N) is 2. The van der Waals surface area contributed by atoms with Crippen LogP contribution in [0.2, 0.25) is 0 Å². The van der Waals surface area contributed by atoms with Crippen molar-refractivity contribution in [3.63, 3.8) is 0 Å². The minimum atomic E-state index is -3.70. The molecule has 1 aliphatic carbocycles. The fourth-order valence-electron chi connectivity index (χ4n) is 6.09. The number of H-pyrrole nitrogens is 1. The van der Waals surface area contributed by atoms with Crippen LogP contribution in [0.15, 0.2) is 83.8 Å². The van der Waals surface area contributed by atoms with Crippen LogP contribution in [0.25, 0.3) is 22.2 Å². The number of ether oxygens (including phenoxy) is 1. The van der Waals surface area contributed by atoms with Crippen LogP contribution >= 0.6 is 0 Å². The monoisotopic (exact) mass is 557 g/mol. The molecule has 6 rings (SSSR count). The van der Waals surface area contributed by atoms with Crippen molar-refractivity contribution in [3.05, 3.63) is 90.0 Å². The first-order valence-corrected chi connectivity index (χ1v) is 15.5. The van der Waals surface area contributed by atoms with Gasteiger partial charge < -0.3 is 14.6 Å². The molecular formula is C32H35N3O4S. The van der Waals surface area contributed by atoms with Gasteiger partial charge in [0.1, 0.15) is 0 Å². The molecule has 2 aliphatic rings. The Morgan fingerprint density at radius 1 is 0.950 bits per heavy atom. The van der Waals surface area contributed by atoms with Crippen molar-refractivity contribution in [1.82, 2.24) is 14.6 Å². The number of hydrogen-bond acceptors (Lipinski definition) is 4. The zero-order chi connectivity index (χ0) is 27.7. The van der Waals surface area contributed by atoms with E-state index in [9.17, 15) is 13.2 Å². The van der Waals surface area contributed by atoms with Crippen molar-refractivity contribution in [2.75, 3.05) is 19.8 Å². The summed E-state index contributed by atoms with van der Waals surface area (Å²) in [5, 5.41) is 0.966. The van der Waals surface area contributed by atoms with Gasteiger partial charge in [-0.2, -0.15) is 0 Å². The summed E-state index contributed by atoms with van der Waals surface area (Å²) in [6, 6.07) is 25.2. The molecule has 1 amide bonds. The molecule has 0 spiro atoms. The summed E-state index contributed by atoms with van der Waals surface area (Å²) in [4.78, 5) is 19.1. The average Bonchev–Trinajstić information content (AvgIpc) is 3.41. The number of hydrogen-bond donors (Lipinski definition) is 2. The number of morpholine rings is 1. The van der Waals surface area contributed by atoms with Gasteiger partial charge in [-0.05, 0) is 61.9 Å². The predicted molar refractivity (Wildman–Crippen MR) is 156 cm³/mol. The van der Waals surface area contributed by atoms with Gasteiger partial charge in [-0.15, -0.1) is 0 Å². The molecule has 1 aliphatic heterocycles. The molecule has 4 aromatic rings. The first kappa shape index (κ1) is 26.7. The second kappa shape index (κ2) is 11.2. The van der Waals surface area contributed by atoms with Crippen molar-refractivity contribution in [3.8, 4) is 11.3 Å². The molecule has 2 heterocycles. The minimum absolute atomic E-state index is 0.0760. The number of benzene rings is 3. The number of amides is 1. The van der Waals surface area contributed by atoms with E-state index in [2.05, 4.69) is 34.8 Å². The van der Waals surface area contributed by atoms with Crippen LogP contribution in [0.3, 0.4) is 0 Å². The van der Waals surface area contributed by atoms with E-state index in [0.717, 1.165) is 33.3 Å². The molecule has 2 N–H and O–H groups in total. The lowest BCUT2D eigenvalue weighted by Crippen LogP contribution is -2.47. The second-order valence-corrected chi connectivity index (χ2v) is 12.7. The quantitative estimate of drug-likeness (QED) is 0.324. The van der Waals surface area contributed by atoms with Crippen LogP contribution in [0, 0.1) is 12.8 Å². The van der Waals surface area contributed by atoms with E-state index in [0.29, 0.717) is 45.4 Å². The molecule has 0 bridgehead atoms. The third-order valence-corrected chi connectivity index (χ3v) is 9.85. The zero-order valence-electron chi connectivity index (χ0n) is 22.7. The number of aryl methyl sites for hydroxylation is 1. The molecule has 1 saturated carbocycles. The topological polar surface area (TPSA) is 91.5 Å². The minimum Gasteiger partial charge on any atom is -0.377 e. The molecule has 3 aromatic carbocycles. The van der Waals surface area contributed by atoms with Gasteiger partial charge in [-0.25, -0.2) is 13.1 Å². The van der Waals surface area contributed by atoms with E-state index in [1.54, 1.807) is 12.1 Å². The normalized spacial score (nSPS) is 21.9. The Morgan fingerprint density at radius 2 is 1.70 bits per heavy atom. The van der Waals surface area contributed by atoms with Crippen molar-refractivity contribution in [2.24, 2.45) is 5.92 Å². The van der Waals surface area contributed by atoms with Crippen LogP contribution < -0.4 is 4.72 Å². The van der Waals surface area contributed by atoms with Gasteiger partial charge in [0.2, 0.25) is 15.9 Å². The molecule has 2 fully saturated rings. The summed E-state index contributed by atoms with van der Waals surface area (Å²) < 4.78 is 35.3. The highest BCUT2D eigenvalue weighted by Gasteiger charge is 2.35. The number of rotatable bonds is 6. The van der Waals surface area contributed by atoms with Crippen molar-refractivity contribution in [1.29, 1.82) is 0 Å². The number of carbonyl (C=O) groups is 1. The third-order valence-electron chi connectivity index (χ3n) is 8.33. The van der Waals surface area contributed by atoms with E-state index in [1.807, 2.05) is 53.4 Å². The molecule has 1 aromatic heterocycles. The van der Waals surface area contributed by atoms with E-state index < -0.39 is 10.0 Å². The Bertz CT molecular complexity index is 1610. The highest BCUT2D eigenvalue weighted by Crippen LogP contribution is 2.32. The van der Waals surface area contributed by atoms with E-state index in [-0.39, 0.29) is 28.8 Å². The van der Waals surface area contributed by atoms with Gasteiger partial charge in [0.15, 0.2) is 0 Å².